The van der Waals surface area contributed by atoms with Gasteiger partial charge in [-0.05, 0) is 86.1 Å². The van der Waals surface area contributed by atoms with Crippen molar-refractivity contribution >= 4 is 27.8 Å². The van der Waals surface area contributed by atoms with E-state index >= 15 is 0 Å². The molecule has 6 aromatic carbocycles. The maximum atomic E-state index is 5.84. The molecule has 0 aliphatic heterocycles. The highest BCUT2D eigenvalue weighted by molar-refractivity contribution is 6.18. The summed E-state index contributed by atoms with van der Waals surface area (Å²) in [4.78, 5) is 2.29. The highest BCUT2D eigenvalue weighted by Crippen LogP contribution is 2.49. The molecule has 0 unspecified atom stereocenters. The summed E-state index contributed by atoms with van der Waals surface area (Å²) < 4.78 is 0. The molecule has 0 bridgehead atoms. The van der Waals surface area contributed by atoms with Crippen LogP contribution >= 0.6 is 0 Å². The smallest absolute Gasteiger partial charge is 0.0462 e. The zero-order chi connectivity index (χ0) is 24.8. The van der Waals surface area contributed by atoms with Crippen LogP contribution in [0.5, 0.6) is 0 Å². The maximum absolute atomic E-state index is 5.84. The zero-order valence-electron chi connectivity index (χ0n) is 20.4. The number of nitrogens with zero attached hydrogens (tertiary/aromatic N) is 1. The Morgan fingerprint density at radius 3 is 1.65 bits per heavy atom. The molecule has 2 N–H and O–H groups in total. The molecule has 176 valence electrons. The molecule has 7 rings (SSSR count). The van der Waals surface area contributed by atoms with Gasteiger partial charge in [0.05, 0.1) is 0 Å². The van der Waals surface area contributed by atoms with Crippen LogP contribution in [0.25, 0.3) is 44.2 Å². The van der Waals surface area contributed by atoms with Crippen molar-refractivity contribution in [1.29, 1.82) is 0 Å². The first-order valence-corrected chi connectivity index (χ1v) is 12.7. The Morgan fingerprint density at radius 2 is 0.973 bits per heavy atom. The first-order valence-electron chi connectivity index (χ1n) is 12.7. The van der Waals surface area contributed by atoms with E-state index in [1.165, 1.54) is 44.2 Å². The minimum Gasteiger partial charge on any atom is -0.326 e. The molecule has 0 saturated carbocycles. The molecule has 0 fully saturated rings. The minimum absolute atomic E-state index is 0.542. The quantitative estimate of drug-likeness (QED) is 0.269. The summed E-state index contributed by atoms with van der Waals surface area (Å²) in [5, 5.41) is 2.66. The molecule has 2 nitrogen and oxygen atoms in total. The third-order valence-corrected chi connectivity index (χ3v) is 7.43. The summed E-state index contributed by atoms with van der Waals surface area (Å²) in [6, 6.07) is 47.9. The third-order valence-electron chi connectivity index (χ3n) is 7.43. The molecule has 0 atom stereocenters. The number of benzene rings is 6. The van der Waals surface area contributed by atoms with Crippen LogP contribution in [0, 0.1) is 0 Å². The van der Waals surface area contributed by atoms with Gasteiger partial charge in [0, 0.05) is 23.6 Å². The van der Waals surface area contributed by atoms with Gasteiger partial charge in [-0.15, -0.1) is 0 Å². The Kier molecular flexibility index (Phi) is 5.12. The van der Waals surface area contributed by atoms with Gasteiger partial charge in [0.15, 0.2) is 0 Å². The van der Waals surface area contributed by atoms with Crippen LogP contribution in [-0.4, -0.2) is 0 Å². The lowest BCUT2D eigenvalue weighted by Gasteiger charge is -2.26. The van der Waals surface area contributed by atoms with Crippen LogP contribution in [0.4, 0.5) is 17.1 Å². The van der Waals surface area contributed by atoms with Gasteiger partial charge in [0.25, 0.3) is 0 Å². The number of rotatable bonds is 5. The van der Waals surface area contributed by atoms with Gasteiger partial charge >= 0.3 is 0 Å². The SMILES string of the molecule is NCc1ccc(N(c2ccccc2)c2ccc(-c3ccc4c5c(cccc35)-c3ccccc3-4)cc2)cc1. The Morgan fingerprint density at radius 1 is 0.432 bits per heavy atom. The average molecular weight is 475 g/mol. The second-order valence-electron chi connectivity index (χ2n) is 9.52. The van der Waals surface area contributed by atoms with Crippen LogP contribution < -0.4 is 10.6 Å². The molecule has 1 aliphatic rings. The van der Waals surface area contributed by atoms with Crippen molar-refractivity contribution in [3.05, 3.63) is 139 Å². The lowest BCUT2D eigenvalue weighted by Crippen LogP contribution is -2.10. The van der Waals surface area contributed by atoms with E-state index in [2.05, 4.69) is 138 Å². The summed E-state index contributed by atoms with van der Waals surface area (Å²) in [6.45, 7) is 0.542. The van der Waals surface area contributed by atoms with Gasteiger partial charge in [-0.2, -0.15) is 0 Å². The summed E-state index contributed by atoms with van der Waals surface area (Å²) in [5.41, 5.74) is 18.1. The van der Waals surface area contributed by atoms with E-state index in [9.17, 15) is 0 Å². The van der Waals surface area contributed by atoms with Gasteiger partial charge in [-0.25, -0.2) is 0 Å². The molecule has 0 amide bonds. The highest BCUT2D eigenvalue weighted by Gasteiger charge is 2.22. The van der Waals surface area contributed by atoms with Crippen LogP contribution in [0.3, 0.4) is 0 Å². The van der Waals surface area contributed by atoms with Crippen molar-refractivity contribution in [2.24, 2.45) is 5.73 Å². The fourth-order valence-electron chi connectivity index (χ4n) is 5.66. The van der Waals surface area contributed by atoms with E-state index < -0.39 is 0 Å². The molecule has 0 heterocycles. The van der Waals surface area contributed by atoms with E-state index in [4.69, 9.17) is 5.73 Å². The van der Waals surface area contributed by atoms with E-state index in [-0.39, 0.29) is 0 Å². The fraction of sp³-hybridized carbons (Fsp3) is 0.0286. The molecular weight excluding hydrogens is 448 g/mol. The lowest BCUT2D eigenvalue weighted by atomic mass is 9.94. The monoisotopic (exact) mass is 474 g/mol. The van der Waals surface area contributed by atoms with E-state index in [1.807, 2.05) is 0 Å². The molecule has 37 heavy (non-hydrogen) atoms. The molecule has 0 spiro atoms. The second kappa shape index (κ2) is 8.77. The Hall–Kier alpha value is -4.66. The topological polar surface area (TPSA) is 29.3 Å². The van der Waals surface area contributed by atoms with Gasteiger partial charge in [0.1, 0.15) is 0 Å². The average Bonchev–Trinajstić information content (AvgIpc) is 3.30. The minimum atomic E-state index is 0.542. The maximum Gasteiger partial charge on any atom is 0.0462 e. The van der Waals surface area contributed by atoms with Crippen molar-refractivity contribution < 1.29 is 0 Å². The standard InChI is InChI=1S/C35H26N2/c36-23-24-13-17-27(18-14-24)37(26-7-2-1-3-8-26)28-19-15-25(16-20-28)29-21-22-34-31-10-5-4-9-30(31)33-12-6-11-32(29)35(33)34/h1-22H,23,36H2. The van der Waals surface area contributed by atoms with Crippen molar-refractivity contribution in [1.82, 2.24) is 0 Å². The van der Waals surface area contributed by atoms with Crippen molar-refractivity contribution in [3.8, 4) is 33.4 Å². The molecular formula is C35H26N2. The number of hydrogen-bond acceptors (Lipinski definition) is 2. The summed E-state index contributed by atoms with van der Waals surface area (Å²) in [5.74, 6) is 0. The van der Waals surface area contributed by atoms with Gasteiger partial charge in [0.2, 0.25) is 0 Å². The Bertz CT molecular complexity index is 1700. The van der Waals surface area contributed by atoms with Crippen LogP contribution in [0.1, 0.15) is 5.56 Å². The number of nitrogens with two attached hydrogens (primary N) is 1. The first-order chi connectivity index (χ1) is 18.3. The molecule has 6 aromatic rings. The Balaban J connectivity index is 1.32. The van der Waals surface area contributed by atoms with Gasteiger partial charge < -0.3 is 10.6 Å². The molecule has 1 aliphatic carbocycles. The van der Waals surface area contributed by atoms with Crippen LogP contribution in [0.2, 0.25) is 0 Å². The number of fused-ring (bicyclic) bond motifs is 3. The lowest BCUT2D eigenvalue weighted by molar-refractivity contribution is 1.07. The fourth-order valence-corrected chi connectivity index (χ4v) is 5.66. The Labute approximate surface area is 217 Å². The van der Waals surface area contributed by atoms with Gasteiger partial charge in [-0.1, -0.05) is 97.1 Å². The molecule has 2 heteroatoms. The van der Waals surface area contributed by atoms with Crippen molar-refractivity contribution in [2.75, 3.05) is 4.90 Å². The zero-order valence-corrected chi connectivity index (χ0v) is 20.4. The summed E-state index contributed by atoms with van der Waals surface area (Å²) in [7, 11) is 0. The van der Waals surface area contributed by atoms with Crippen molar-refractivity contribution in [2.45, 2.75) is 6.54 Å². The van der Waals surface area contributed by atoms with Crippen LogP contribution in [-0.2, 0) is 6.54 Å². The van der Waals surface area contributed by atoms with Gasteiger partial charge in [-0.3, -0.25) is 0 Å². The molecule has 0 saturated heterocycles. The third kappa shape index (κ3) is 3.54. The van der Waals surface area contributed by atoms with E-state index in [0.29, 0.717) is 6.54 Å². The van der Waals surface area contributed by atoms with E-state index in [0.717, 1.165) is 22.6 Å². The predicted molar refractivity (Wildman–Crippen MR) is 156 cm³/mol. The number of hydrogen-bond donors (Lipinski definition) is 1. The van der Waals surface area contributed by atoms with Crippen molar-refractivity contribution in [3.63, 3.8) is 0 Å². The number of para-hydroxylation sites is 1. The highest BCUT2D eigenvalue weighted by atomic mass is 15.1. The van der Waals surface area contributed by atoms with E-state index in [1.54, 1.807) is 0 Å². The summed E-state index contributed by atoms with van der Waals surface area (Å²) >= 11 is 0. The second-order valence-corrected chi connectivity index (χ2v) is 9.52. The number of anilines is 3. The van der Waals surface area contributed by atoms with Crippen LogP contribution in [0.15, 0.2) is 133 Å². The predicted octanol–water partition coefficient (Wildman–Crippen LogP) is 9.08. The normalized spacial score (nSPS) is 11.5. The summed E-state index contributed by atoms with van der Waals surface area (Å²) in [6.07, 6.45) is 0. The largest absolute Gasteiger partial charge is 0.326 e. The first kappa shape index (κ1) is 21.6. The molecule has 0 aromatic heterocycles. The molecule has 0 radical (unpaired) electrons.